The normalized spacial score (nSPS) is 24.0. The fourth-order valence-corrected chi connectivity index (χ4v) is 1.68. The van der Waals surface area contributed by atoms with Crippen molar-refractivity contribution >= 4 is 12.6 Å². The van der Waals surface area contributed by atoms with Crippen molar-refractivity contribution in [3.8, 4) is 0 Å². The van der Waals surface area contributed by atoms with E-state index in [0.717, 1.165) is 0 Å². The Labute approximate surface area is 126 Å². The van der Waals surface area contributed by atoms with E-state index in [2.05, 4.69) is 22.3 Å². The van der Waals surface area contributed by atoms with Crippen LogP contribution in [0.2, 0.25) is 0 Å². The molecule has 8 nitrogen and oxygen atoms in total. The zero-order valence-corrected chi connectivity index (χ0v) is 12.7. The van der Waals surface area contributed by atoms with Gasteiger partial charge in [-0.15, -0.1) is 12.6 Å². The Morgan fingerprint density at radius 1 is 1.57 bits per heavy atom. The number of rotatable bonds is 3. The van der Waals surface area contributed by atoms with Gasteiger partial charge in [-0.25, -0.2) is 4.79 Å². The van der Waals surface area contributed by atoms with Crippen LogP contribution in [-0.2, 0) is 9.47 Å². The van der Waals surface area contributed by atoms with Crippen LogP contribution < -0.4 is 11.2 Å². The van der Waals surface area contributed by atoms with Crippen LogP contribution in [-0.4, -0.2) is 44.7 Å². The molecule has 3 unspecified atom stereocenters. The van der Waals surface area contributed by atoms with Gasteiger partial charge in [0.25, 0.3) is 5.56 Å². The molecule has 1 aromatic rings. The lowest BCUT2D eigenvalue weighted by atomic mass is 10.2. The SMILES string of the molecule is COC(C)(O)S.O=c1ccn(C2CCC(CO)O2)c(=O)[nH]1. The van der Waals surface area contributed by atoms with E-state index in [1.54, 1.807) is 0 Å². The molecule has 9 heteroatoms. The maximum absolute atomic E-state index is 11.4. The van der Waals surface area contributed by atoms with Crippen molar-refractivity contribution in [3.63, 3.8) is 0 Å². The van der Waals surface area contributed by atoms with E-state index in [1.807, 2.05) is 0 Å². The lowest BCUT2D eigenvalue weighted by molar-refractivity contribution is -0.0898. The number of H-pyrrole nitrogens is 1. The summed E-state index contributed by atoms with van der Waals surface area (Å²) in [7, 11) is 1.38. The average Bonchev–Trinajstić information content (AvgIpc) is 2.87. The third kappa shape index (κ3) is 6.02. The highest BCUT2D eigenvalue weighted by Crippen LogP contribution is 2.26. The van der Waals surface area contributed by atoms with Crippen molar-refractivity contribution in [2.24, 2.45) is 0 Å². The number of ether oxygens (including phenoxy) is 2. The zero-order chi connectivity index (χ0) is 16.0. The van der Waals surface area contributed by atoms with Crippen LogP contribution in [0.15, 0.2) is 21.9 Å². The van der Waals surface area contributed by atoms with Gasteiger partial charge in [0.05, 0.1) is 12.7 Å². The van der Waals surface area contributed by atoms with Crippen LogP contribution in [0.1, 0.15) is 26.0 Å². The highest BCUT2D eigenvalue weighted by Gasteiger charge is 2.26. The van der Waals surface area contributed by atoms with Crippen LogP contribution in [0, 0.1) is 0 Å². The molecule has 2 heterocycles. The molecule has 1 fully saturated rings. The van der Waals surface area contributed by atoms with Gasteiger partial charge in [-0.3, -0.25) is 14.3 Å². The summed E-state index contributed by atoms with van der Waals surface area (Å²) in [6.45, 7) is 1.39. The topological polar surface area (TPSA) is 114 Å². The van der Waals surface area contributed by atoms with E-state index >= 15 is 0 Å². The molecule has 0 bridgehead atoms. The van der Waals surface area contributed by atoms with E-state index in [1.165, 1.54) is 30.9 Å². The first-order valence-corrected chi connectivity index (χ1v) is 6.79. The Balaban J connectivity index is 0.000000315. The number of hydrogen-bond acceptors (Lipinski definition) is 7. The Bertz CT molecular complexity index is 550. The molecule has 1 aliphatic rings. The monoisotopic (exact) mass is 320 g/mol. The standard InChI is InChI=1S/C9H12N2O4.C3H8O2S/c12-5-6-1-2-8(15-6)11-4-3-7(13)10-9(11)14;1-3(4,6)5-2/h3-4,6,8,12H,1-2,5H2,(H,10,13,14);4,6H,1-2H3. The van der Waals surface area contributed by atoms with E-state index < -0.39 is 16.4 Å². The van der Waals surface area contributed by atoms with Gasteiger partial charge in [0.1, 0.15) is 6.23 Å². The lowest BCUT2D eigenvalue weighted by Crippen LogP contribution is -2.31. The molecule has 0 aliphatic carbocycles. The fraction of sp³-hybridized carbons (Fsp3) is 0.667. The molecule has 3 N–H and O–H groups in total. The van der Waals surface area contributed by atoms with Crippen molar-refractivity contribution in [2.75, 3.05) is 13.7 Å². The molecule has 0 saturated carbocycles. The smallest absolute Gasteiger partial charge is 0.330 e. The van der Waals surface area contributed by atoms with E-state index in [0.29, 0.717) is 12.8 Å². The van der Waals surface area contributed by atoms with Gasteiger partial charge in [0.2, 0.25) is 5.12 Å². The summed E-state index contributed by atoms with van der Waals surface area (Å²) in [4.78, 5) is 24.4. The number of hydrogen-bond donors (Lipinski definition) is 4. The quantitative estimate of drug-likeness (QED) is 0.438. The number of aromatic nitrogens is 2. The third-order valence-corrected chi connectivity index (χ3v) is 3.02. The van der Waals surface area contributed by atoms with Crippen molar-refractivity contribution < 1.29 is 19.7 Å². The van der Waals surface area contributed by atoms with Crippen LogP contribution in [0.4, 0.5) is 0 Å². The van der Waals surface area contributed by atoms with Gasteiger partial charge in [0, 0.05) is 19.4 Å². The minimum Gasteiger partial charge on any atom is -0.394 e. The Morgan fingerprint density at radius 2 is 2.19 bits per heavy atom. The summed E-state index contributed by atoms with van der Waals surface area (Å²) in [5.41, 5.74) is -0.904. The van der Waals surface area contributed by atoms with E-state index in [9.17, 15) is 9.59 Å². The van der Waals surface area contributed by atoms with Gasteiger partial charge < -0.3 is 19.7 Å². The van der Waals surface area contributed by atoms with Crippen LogP contribution in [0.25, 0.3) is 0 Å². The second-order valence-electron chi connectivity index (χ2n) is 4.63. The molecular formula is C12H20N2O6S. The number of aliphatic hydroxyl groups excluding tert-OH is 1. The Hall–Kier alpha value is -1.13. The second kappa shape index (κ2) is 7.76. The van der Waals surface area contributed by atoms with Crippen molar-refractivity contribution in [3.05, 3.63) is 33.1 Å². The fourth-order valence-electron chi connectivity index (χ4n) is 1.68. The summed E-state index contributed by atoms with van der Waals surface area (Å²) in [6, 6.07) is 1.27. The molecule has 1 aliphatic heterocycles. The predicted molar refractivity (Wildman–Crippen MR) is 78.2 cm³/mol. The predicted octanol–water partition coefficient (Wildman–Crippen LogP) is -0.565. The number of thiol groups is 1. The summed E-state index contributed by atoms with van der Waals surface area (Å²) in [5, 5.41) is 16.1. The lowest BCUT2D eigenvalue weighted by Gasteiger charge is -2.13. The maximum Gasteiger partial charge on any atom is 0.330 e. The molecule has 2 rings (SSSR count). The van der Waals surface area contributed by atoms with Crippen molar-refractivity contribution in [2.45, 2.75) is 37.2 Å². The van der Waals surface area contributed by atoms with Gasteiger partial charge in [-0.05, 0) is 19.8 Å². The molecule has 0 aromatic carbocycles. The summed E-state index contributed by atoms with van der Waals surface area (Å²) >= 11 is 3.59. The molecule has 1 aromatic heterocycles. The molecule has 0 amide bonds. The van der Waals surface area contributed by atoms with E-state index in [4.69, 9.17) is 14.9 Å². The third-order valence-electron chi connectivity index (χ3n) is 2.84. The van der Waals surface area contributed by atoms with Crippen LogP contribution in [0.5, 0.6) is 0 Å². The minimum absolute atomic E-state index is 0.0470. The Kier molecular flexibility index (Phi) is 6.62. The molecule has 21 heavy (non-hydrogen) atoms. The summed E-state index contributed by atoms with van der Waals surface area (Å²) < 4.78 is 11.1. The number of nitrogens with zero attached hydrogens (tertiary/aromatic N) is 1. The molecule has 3 atom stereocenters. The molecular weight excluding hydrogens is 300 g/mol. The summed E-state index contributed by atoms with van der Waals surface area (Å²) in [6.07, 6.45) is 2.19. The maximum atomic E-state index is 11.4. The first kappa shape index (κ1) is 17.9. The minimum atomic E-state index is -1.26. The number of methoxy groups -OCH3 is 1. The zero-order valence-electron chi connectivity index (χ0n) is 11.9. The van der Waals surface area contributed by atoms with Gasteiger partial charge in [0.15, 0.2) is 0 Å². The summed E-state index contributed by atoms with van der Waals surface area (Å²) in [5.74, 6) is 0. The van der Waals surface area contributed by atoms with Gasteiger partial charge in [-0.2, -0.15) is 0 Å². The van der Waals surface area contributed by atoms with Gasteiger partial charge >= 0.3 is 5.69 Å². The van der Waals surface area contributed by atoms with Crippen molar-refractivity contribution in [1.82, 2.24) is 9.55 Å². The first-order valence-electron chi connectivity index (χ1n) is 6.34. The highest BCUT2D eigenvalue weighted by molar-refractivity contribution is 7.81. The average molecular weight is 320 g/mol. The van der Waals surface area contributed by atoms with Gasteiger partial charge in [-0.1, -0.05) is 0 Å². The molecule has 0 spiro atoms. The van der Waals surface area contributed by atoms with Crippen LogP contribution in [0.3, 0.4) is 0 Å². The first-order chi connectivity index (χ1) is 9.76. The van der Waals surface area contributed by atoms with Crippen molar-refractivity contribution in [1.29, 1.82) is 0 Å². The Morgan fingerprint density at radius 3 is 2.62 bits per heavy atom. The number of aromatic amines is 1. The largest absolute Gasteiger partial charge is 0.394 e. The number of aliphatic hydroxyl groups is 2. The molecule has 0 radical (unpaired) electrons. The van der Waals surface area contributed by atoms with E-state index in [-0.39, 0.29) is 18.9 Å². The molecule has 120 valence electrons. The van der Waals surface area contributed by atoms with Crippen LogP contribution >= 0.6 is 12.6 Å². The molecule has 1 saturated heterocycles. The number of nitrogens with one attached hydrogen (secondary N) is 1. The highest BCUT2D eigenvalue weighted by atomic mass is 32.1. The second-order valence-corrected chi connectivity index (χ2v) is 5.46.